The minimum atomic E-state index is -0.761. The SMILES string of the molecule is O=C(C[C@H]1C[C@H]2CC[C@H]1C2)NNC(=O)[C@@H]1COc2ccccc2O1. The van der Waals surface area contributed by atoms with E-state index in [1.807, 2.05) is 12.1 Å². The highest BCUT2D eigenvalue weighted by molar-refractivity contribution is 5.85. The Bertz CT molecular complexity index is 648. The average molecular weight is 330 g/mol. The summed E-state index contributed by atoms with van der Waals surface area (Å²) >= 11 is 0. The Morgan fingerprint density at radius 1 is 1.08 bits per heavy atom. The zero-order valence-corrected chi connectivity index (χ0v) is 13.5. The lowest BCUT2D eigenvalue weighted by Crippen LogP contribution is -2.51. The summed E-state index contributed by atoms with van der Waals surface area (Å²) in [6.07, 6.45) is 4.73. The molecule has 1 heterocycles. The molecule has 1 aromatic carbocycles. The largest absolute Gasteiger partial charge is 0.485 e. The van der Waals surface area contributed by atoms with Crippen LogP contribution in [-0.2, 0) is 9.59 Å². The summed E-state index contributed by atoms with van der Waals surface area (Å²) in [5.74, 6) is 2.63. The van der Waals surface area contributed by atoms with Crippen LogP contribution in [0.3, 0.4) is 0 Å². The number of ether oxygens (including phenoxy) is 2. The number of hydrogen-bond acceptors (Lipinski definition) is 4. The van der Waals surface area contributed by atoms with E-state index in [9.17, 15) is 9.59 Å². The summed E-state index contributed by atoms with van der Waals surface area (Å²) in [6, 6.07) is 7.21. The normalized spacial score (nSPS) is 30.0. The Kier molecular flexibility index (Phi) is 4.04. The Hall–Kier alpha value is -2.24. The molecule has 4 atom stereocenters. The lowest BCUT2D eigenvalue weighted by molar-refractivity contribution is -0.135. The Morgan fingerprint density at radius 2 is 1.92 bits per heavy atom. The van der Waals surface area contributed by atoms with Gasteiger partial charge in [0.2, 0.25) is 12.0 Å². The van der Waals surface area contributed by atoms with Crippen molar-refractivity contribution in [3.63, 3.8) is 0 Å². The fourth-order valence-corrected chi connectivity index (χ4v) is 4.28. The summed E-state index contributed by atoms with van der Waals surface area (Å²) < 4.78 is 11.1. The fraction of sp³-hybridized carbons (Fsp3) is 0.556. The molecule has 6 heteroatoms. The molecule has 2 bridgehead atoms. The van der Waals surface area contributed by atoms with Crippen LogP contribution in [0.25, 0.3) is 0 Å². The number of benzene rings is 1. The number of rotatable bonds is 3. The molecule has 2 fully saturated rings. The van der Waals surface area contributed by atoms with E-state index in [4.69, 9.17) is 9.47 Å². The summed E-state index contributed by atoms with van der Waals surface area (Å²) in [6.45, 7) is 0.130. The maximum absolute atomic E-state index is 12.1. The quantitative estimate of drug-likeness (QED) is 0.829. The molecule has 1 aromatic rings. The van der Waals surface area contributed by atoms with E-state index in [-0.39, 0.29) is 12.5 Å². The van der Waals surface area contributed by atoms with Gasteiger partial charge in [-0.15, -0.1) is 0 Å². The van der Waals surface area contributed by atoms with Crippen LogP contribution in [0.5, 0.6) is 11.5 Å². The minimum absolute atomic E-state index is 0.127. The first kappa shape index (κ1) is 15.3. The molecular weight excluding hydrogens is 308 g/mol. The number of fused-ring (bicyclic) bond motifs is 3. The van der Waals surface area contributed by atoms with Gasteiger partial charge in [-0.2, -0.15) is 0 Å². The van der Waals surface area contributed by atoms with Gasteiger partial charge in [0.25, 0.3) is 5.91 Å². The highest BCUT2D eigenvalue weighted by atomic mass is 16.6. The monoisotopic (exact) mass is 330 g/mol. The molecule has 0 spiro atoms. The molecule has 128 valence electrons. The van der Waals surface area contributed by atoms with Crippen LogP contribution < -0.4 is 20.3 Å². The summed E-state index contributed by atoms with van der Waals surface area (Å²) in [5, 5.41) is 0. The molecule has 2 N–H and O–H groups in total. The summed E-state index contributed by atoms with van der Waals surface area (Å²) in [4.78, 5) is 24.2. The first-order chi connectivity index (χ1) is 11.7. The highest BCUT2D eigenvalue weighted by Gasteiger charge is 2.40. The fourth-order valence-electron chi connectivity index (χ4n) is 4.28. The van der Waals surface area contributed by atoms with Crippen LogP contribution in [0, 0.1) is 17.8 Å². The zero-order valence-electron chi connectivity index (χ0n) is 13.5. The van der Waals surface area contributed by atoms with Crippen LogP contribution >= 0.6 is 0 Å². The van der Waals surface area contributed by atoms with Crippen LogP contribution in [0.4, 0.5) is 0 Å². The van der Waals surface area contributed by atoms with E-state index in [2.05, 4.69) is 10.9 Å². The van der Waals surface area contributed by atoms with Gasteiger partial charge in [0.1, 0.15) is 6.61 Å². The summed E-state index contributed by atoms with van der Waals surface area (Å²) in [7, 11) is 0. The van der Waals surface area contributed by atoms with Crippen LogP contribution in [0.15, 0.2) is 24.3 Å². The van der Waals surface area contributed by atoms with Crippen LogP contribution in [0.1, 0.15) is 32.1 Å². The number of nitrogens with one attached hydrogen (secondary N) is 2. The number of amides is 2. The first-order valence-electron chi connectivity index (χ1n) is 8.66. The van der Waals surface area contributed by atoms with Crippen molar-refractivity contribution in [2.75, 3.05) is 6.61 Å². The van der Waals surface area contributed by atoms with Gasteiger partial charge >= 0.3 is 0 Å². The van der Waals surface area contributed by atoms with Crippen molar-refractivity contribution < 1.29 is 19.1 Å². The van der Waals surface area contributed by atoms with E-state index in [1.165, 1.54) is 19.3 Å². The number of hydrazine groups is 1. The second-order valence-corrected chi connectivity index (χ2v) is 7.04. The lowest BCUT2D eigenvalue weighted by Gasteiger charge is -2.26. The first-order valence-corrected chi connectivity index (χ1v) is 8.66. The molecule has 6 nitrogen and oxygen atoms in total. The van der Waals surface area contributed by atoms with Crippen molar-refractivity contribution in [2.45, 2.75) is 38.2 Å². The maximum atomic E-state index is 12.1. The number of para-hydroxylation sites is 2. The predicted octanol–water partition coefficient (Wildman–Crippen LogP) is 1.80. The molecule has 0 unspecified atom stereocenters. The molecule has 0 aromatic heterocycles. The molecule has 2 aliphatic carbocycles. The van der Waals surface area contributed by atoms with E-state index in [0.717, 1.165) is 12.3 Å². The van der Waals surface area contributed by atoms with Gasteiger partial charge in [-0.25, -0.2) is 0 Å². The Labute approximate surface area is 140 Å². The molecule has 3 aliphatic rings. The van der Waals surface area contributed by atoms with E-state index < -0.39 is 12.0 Å². The number of carbonyl (C=O) groups excluding carboxylic acids is 2. The van der Waals surface area contributed by atoms with Crippen LogP contribution in [-0.4, -0.2) is 24.5 Å². The van der Waals surface area contributed by atoms with Crippen molar-refractivity contribution in [1.29, 1.82) is 0 Å². The topological polar surface area (TPSA) is 76.7 Å². The number of hydrogen-bond donors (Lipinski definition) is 2. The maximum Gasteiger partial charge on any atom is 0.283 e. The lowest BCUT2D eigenvalue weighted by atomic mass is 9.86. The van der Waals surface area contributed by atoms with Gasteiger partial charge in [0.05, 0.1) is 0 Å². The molecule has 4 rings (SSSR count). The second-order valence-electron chi connectivity index (χ2n) is 7.04. The van der Waals surface area contributed by atoms with Gasteiger partial charge < -0.3 is 9.47 Å². The third kappa shape index (κ3) is 3.05. The average Bonchev–Trinajstić information content (AvgIpc) is 3.22. The molecule has 0 saturated heterocycles. The van der Waals surface area contributed by atoms with Gasteiger partial charge in [-0.05, 0) is 49.1 Å². The van der Waals surface area contributed by atoms with Gasteiger partial charge in [-0.3, -0.25) is 20.4 Å². The minimum Gasteiger partial charge on any atom is -0.485 e. The standard InChI is InChI=1S/C18H22N2O4/c21-17(9-13-8-11-5-6-12(13)7-11)19-20-18(22)16-10-23-14-3-1-2-4-15(14)24-16/h1-4,11-13,16H,5-10H2,(H,19,21)(H,20,22)/t11-,12-,13+,16-/m0/s1. The van der Waals surface area contributed by atoms with Crippen molar-refractivity contribution in [3.05, 3.63) is 24.3 Å². The highest BCUT2D eigenvalue weighted by Crippen LogP contribution is 2.49. The van der Waals surface area contributed by atoms with Crippen molar-refractivity contribution >= 4 is 11.8 Å². The van der Waals surface area contributed by atoms with Gasteiger partial charge in [-0.1, -0.05) is 18.6 Å². The molecular formula is C18H22N2O4. The van der Waals surface area contributed by atoms with E-state index in [0.29, 0.717) is 29.8 Å². The van der Waals surface area contributed by atoms with Crippen LogP contribution in [0.2, 0.25) is 0 Å². The van der Waals surface area contributed by atoms with E-state index >= 15 is 0 Å². The Morgan fingerprint density at radius 3 is 2.67 bits per heavy atom. The van der Waals surface area contributed by atoms with Gasteiger partial charge in [0, 0.05) is 6.42 Å². The third-order valence-electron chi connectivity index (χ3n) is 5.46. The zero-order chi connectivity index (χ0) is 16.5. The van der Waals surface area contributed by atoms with Crippen molar-refractivity contribution in [2.24, 2.45) is 17.8 Å². The second kappa shape index (κ2) is 6.34. The van der Waals surface area contributed by atoms with Crippen molar-refractivity contribution in [1.82, 2.24) is 10.9 Å². The molecule has 24 heavy (non-hydrogen) atoms. The third-order valence-corrected chi connectivity index (χ3v) is 5.46. The van der Waals surface area contributed by atoms with E-state index in [1.54, 1.807) is 12.1 Å². The number of carbonyl (C=O) groups is 2. The molecule has 2 amide bonds. The van der Waals surface area contributed by atoms with Gasteiger partial charge in [0.15, 0.2) is 11.5 Å². The predicted molar refractivity (Wildman–Crippen MR) is 86.2 cm³/mol. The molecule has 1 aliphatic heterocycles. The summed E-state index contributed by atoms with van der Waals surface area (Å²) in [5.41, 5.74) is 4.97. The smallest absolute Gasteiger partial charge is 0.283 e. The van der Waals surface area contributed by atoms with Crippen molar-refractivity contribution in [3.8, 4) is 11.5 Å². The molecule has 2 saturated carbocycles. The molecule has 0 radical (unpaired) electrons. The Balaban J connectivity index is 1.24.